The molecule has 1 aromatic heterocycles. The van der Waals surface area contributed by atoms with Gasteiger partial charge in [-0.25, -0.2) is 4.98 Å². The highest BCUT2D eigenvalue weighted by atomic mass is 16.5. The van der Waals surface area contributed by atoms with E-state index in [9.17, 15) is 4.79 Å². The van der Waals surface area contributed by atoms with E-state index in [1.54, 1.807) is 42.9 Å². The van der Waals surface area contributed by atoms with Gasteiger partial charge in [-0.3, -0.25) is 9.78 Å². The SMILES string of the molecule is O=C(NC1CN(c2cnccn2)C1)c1ccc(Oc2ccccc2)cc1. The summed E-state index contributed by atoms with van der Waals surface area (Å²) in [7, 11) is 0. The van der Waals surface area contributed by atoms with E-state index in [0.29, 0.717) is 11.3 Å². The van der Waals surface area contributed by atoms with Crippen molar-refractivity contribution in [3.63, 3.8) is 0 Å². The summed E-state index contributed by atoms with van der Waals surface area (Å²) < 4.78 is 5.74. The highest BCUT2D eigenvalue weighted by Crippen LogP contribution is 2.21. The van der Waals surface area contributed by atoms with Crippen molar-refractivity contribution >= 4 is 11.7 Å². The van der Waals surface area contributed by atoms with Crippen molar-refractivity contribution in [3.8, 4) is 11.5 Å². The van der Waals surface area contributed by atoms with Crippen LogP contribution in [-0.2, 0) is 0 Å². The van der Waals surface area contributed by atoms with Crippen molar-refractivity contribution in [2.24, 2.45) is 0 Å². The van der Waals surface area contributed by atoms with Crippen LogP contribution in [0.25, 0.3) is 0 Å². The Kier molecular flexibility index (Phi) is 4.47. The number of carbonyl (C=O) groups excluding carboxylic acids is 1. The molecule has 0 spiro atoms. The first-order valence-electron chi connectivity index (χ1n) is 8.43. The van der Waals surface area contributed by atoms with E-state index in [-0.39, 0.29) is 11.9 Å². The molecule has 0 saturated carbocycles. The number of nitrogens with one attached hydrogen (secondary N) is 1. The lowest BCUT2D eigenvalue weighted by Crippen LogP contribution is -2.59. The summed E-state index contributed by atoms with van der Waals surface area (Å²) in [5.74, 6) is 2.22. The molecule has 0 atom stereocenters. The molecule has 0 bridgehead atoms. The van der Waals surface area contributed by atoms with Gasteiger partial charge in [0.25, 0.3) is 5.91 Å². The van der Waals surface area contributed by atoms with E-state index in [2.05, 4.69) is 20.2 Å². The Morgan fingerprint density at radius 2 is 1.73 bits per heavy atom. The zero-order chi connectivity index (χ0) is 17.8. The smallest absolute Gasteiger partial charge is 0.251 e. The Hall–Kier alpha value is -3.41. The first-order chi connectivity index (χ1) is 12.8. The largest absolute Gasteiger partial charge is 0.457 e. The number of ether oxygens (including phenoxy) is 1. The van der Waals surface area contributed by atoms with Crippen LogP contribution in [0.1, 0.15) is 10.4 Å². The number of benzene rings is 2. The molecule has 2 aromatic carbocycles. The molecule has 0 radical (unpaired) electrons. The quantitative estimate of drug-likeness (QED) is 0.769. The minimum absolute atomic E-state index is 0.0833. The number of amides is 1. The van der Waals surface area contributed by atoms with Crippen LogP contribution >= 0.6 is 0 Å². The third kappa shape index (κ3) is 3.64. The molecule has 2 heterocycles. The molecule has 1 N–H and O–H groups in total. The fraction of sp³-hybridized carbons (Fsp3) is 0.150. The van der Waals surface area contributed by atoms with Crippen LogP contribution in [0, 0.1) is 0 Å². The second-order valence-corrected chi connectivity index (χ2v) is 6.08. The van der Waals surface area contributed by atoms with Crippen LogP contribution in [0.3, 0.4) is 0 Å². The van der Waals surface area contributed by atoms with E-state index in [4.69, 9.17) is 4.74 Å². The van der Waals surface area contributed by atoms with Gasteiger partial charge < -0.3 is 15.0 Å². The minimum Gasteiger partial charge on any atom is -0.457 e. The number of aromatic nitrogens is 2. The van der Waals surface area contributed by atoms with Crippen molar-refractivity contribution < 1.29 is 9.53 Å². The average Bonchev–Trinajstić information content (AvgIpc) is 2.66. The lowest BCUT2D eigenvalue weighted by molar-refractivity contribution is 0.0930. The molecule has 1 amide bonds. The van der Waals surface area contributed by atoms with Gasteiger partial charge in [-0.05, 0) is 36.4 Å². The van der Waals surface area contributed by atoms with Gasteiger partial charge in [0.05, 0.1) is 12.2 Å². The number of para-hydroxylation sites is 1. The summed E-state index contributed by atoms with van der Waals surface area (Å²) in [5, 5.41) is 3.03. The molecule has 1 aliphatic rings. The molecular weight excluding hydrogens is 328 g/mol. The van der Waals surface area contributed by atoms with Gasteiger partial charge in [-0.15, -0.1) is 0 Å². The lowest BCUT2D eigenvalue weighted by atomic mass is 10.1. The van der Waals surface area contributed by atoms with Crippen LogP contribution in [0.5, 0.6) is 11.5 Å². The van der Waals surface area contributed by atoms with Gasteiger partial charge in [0.2, 0.25) is 0 Å². The highest BCUT2D eigenvalue weighted by Gasteiger charge is 2.29. The molecule has 1 saturated heterocycles. The van der Waals surface area contributed by atoms with Crippen molar-refractivity contribution in [1.82, 2.24) is 15.3 Å². The van der Waals surface area contributed by atoms with Gasteiger partial charge in [0.15, 0.2) is 0 Å². The van der Waals surface area contributed by atoms with Gasteiger partial charge in [-0.2, -0.15) is 0 Å². The Bertz CT molecular complexity index is 863. The van der Waals surface area contributed by atoms with Gasteiger partial charge in [0, 0.05) is 31.0 Å². The molecule has 0 aliphatic carbocycles. The maximum absolute atomic E-state index is 12.4. The maximum Gasteiger partial charge on any atom is 0.251 e. The molecule has 4 rings (SSSR count). The summed E-state index contributed by atoms with van der Waals surface area (Å²) in [6, 6.07) is 16.8. The van der Waals surface area contributed by atoms with Crippen molar-refractivity contribution in [2.75, 3.05) is 18.0 Å². The van der Waals surface area contributed by atoms with Crippen LogP contribution < -0.4 is 15.0 Å². The van der Waals surface area contributed by atoms with Crippen LogP contribution in [0.2, 0.25) is 0 Å². The number of hydrogen-bond donors (Lipinski definition) is 1. The molecular formula is C20H18N4O2. The third-order valence-electron chi connectivity index (χ3n) is 4.19. The van der Waals surface area contributed by atoms with Crippen LogP contribution in [0.15, 0.2) is 73.2 Å². The highest BCUT2D eigenvalue weighted by molar-refractivity contribution is 5.94. The lowest BCUT2D eigenvalue weighted by Gasteiger charge is -2.40. The normalized spacial score (nSPS) is 13.8. The zero-order valence-corrected chi connectivity index (χ0v) is 14.1. The fourth-order valence-electron chi connectivity index (χ4n) is 2.78. The van der Waals surface area contributed by atoms with Crippen molar-refractivity contribution in [1.29, 1.82) is 0 Å². The molecule has 130 valence electrons. The fourth-order valence-corrected chi connectivity index (χ4v) is 2.78. The number of nitrogens with zero attached hydrogens (tertiary/aromatic N) is 3. The van der Waals surface area contributed by atoms with E-state index in [1.807, 2.05) is 30.3 Å². The Morgan fingerprint density at radius 3 is 2.42 bits per heavy atom. The van der Waals surface area contributed by atoms with Gasteiger partial charge in [0.1, 0.15) is 17.3 Å². The predicted octanol–water partition coefficient (Wildman–Crippen LogP) is 2.89. The number of anilines is 1. The topological polar surface area (TPSA) is 67.4 Å². The number of carbonyl (C=O) groups is 1. The van der Waals surface area contributed by atoms with E-state index in [0.717, 1.165) is 24.7 Å². The van der Waals surface area contributed by atoms with E-state index in [1.165, 1.54) is 0 Å². The second kappa shape index (κ2) is 7.23. The zero-order valence-electron chi connectivity index (χ0n) is 14.1. The second-order valence-electron chi connectivity index (χ2n) is 6.08. The molecule has 1 aliphatic heterocycles. The molecule has 3 aromatic rings. The van der Waals surface area contributed by atoms with Gasteiger partial charge in [-0.1, -0.05) is 18.2 Å². The third-order valence-corrected chi connectivity index (χ3v) is 4.19. The summed E-state index contributed by atoms with van der Waals surface area (Å²) in [6.45, 7) is 1.47. The molecule has 6 heteroatoms. The van der Waals surface area contributed by atoms with E-state index < -0.39 is 0 Å². The standard InChI is InChI=1S/C20H18N4O2/c25-20(23-16-13-24(14-16)19-12-21-10-11-22-19)15-6-8-18(9-7-15)26-17-4-2-1-3-5-17/h1-12,16H,13-14H2,(H,23,25). The average molecular weight is 346 g/mol. The summed E-state index contributed by atoms with van der Waals surface area (Å²) in [6.07, 6.45) is 5.04. The first-order valence-corrected chi connectivity index (χ1v) is 8.43. The minimum atomic E-state index is -0.0833. The molecule has 1 fully saturated rings. The predicted molar refractivity (Wildman–Crippen MR) is 98.5 cm³/mol. The van der Waals surface area contributed by atoms with E-state index >= 15 is 0 Å². The Morgan fingerprint density at radius 1 is 1.00 bits per heavy atom. The first kappa shape index (κ1) is 16.1. The van der Waals surface area contributed by atoms with Crippen LogP contribution in [0.4, 0.5) is 5.82 Å². The molecule has 6 nitrogen and oxygen atoms in total. The maximum atomic E-state index is 12.4. The van der Waals surface area contributed by atoms with Gasteiger partial charge >= 0.3 is 0 Å². The monoisotopic (exact) mass is 346 g/mol. The Balaban J connectivity index is 1.30. The van der Waals surface area contributed by atoms with Crippen molar-refractivity contribution in [2.45, 2.75) is 6.04 Å². The summed E-state index contributed by atoms with van der Waals surface area (Å²) in [4.78, 5) is 22.7. The van der Waals surface area contributed by atoms with Crippen molar-refractivity contribution in [3.05, 3.63) is 78.8 Å². The summed E-state index contributed by atoms with van der Waals surface area (Å²) in [5.41, 5.74) is 0.614. The Labute approximate surface area is 151 Å². The number of rotatable bonds is 5. The summed E-state index contributed by atoms with van der Waals surface area (Å²) >= 11 is 0. The van der Waals surface area contributed by atoms with Crippen LogP contribution in [-0.4, -0.2) is 35.0 Å². The molecule has 0 unspecified atom stereocenters. The number of hydrogen-bond acceptors (Lipinski definition) is 5. The molecule has 26 heavy (non-hydrogen) atoms.